The number of halogens is 6. The normalized spacial score (nSPS) is 23.5. The first-order chi connectivity index (χ1) is 16.4. The molecular formula is C20H26F6N2O7S. The molecule has 36 heavy (non-hydrogen) atoms. The van der Waals surface area contributed by atoms with Crippen LogP contribution in [0.15, 0.2) is 24.5 Å². The molecule has 2 aliphatic heterocycles. The van der Waals surface area contributed by atoms with E-state index in [9.17, 15) is 34.8 Å². The van der Waals surface area contributed by atoms with Gasteiger partial charge in [0.25, 0.3) is 0 Å². The maximum absolute atomic E-state index is 12.4. The van der Waals surface area contributed by atoms with Crippen molar-refractivity contribution < 1.29 is 59.3 Å². The second kappa shape index (κ2) is 12.7. The van der Waals surface area contributed by atoms with Crippen molar-refractivity contribution in [2.24, 2.45) is 5.92 Å². The maximum atomic E-state index is 12.4. The molecule has 16 heteroatoms. The minimum absolute atomic E-state index is 0.0254. The van der Waals surface area contributed by atoms with Gasteiger partial charge in [-0.05, 0) is 31.9 Å². The van der Waals surface area contributed by atoms with Crippen LogP contribution >= 0.6 is 0 Å². The number of hydrogen-bond acceptors (Lipinski definition) is 7. The van der Waals surface area contributed by atoms with Crippen molar-refractivity contribution in [3.8, 4) is 0 Å². The summed E-state index contributed by atoms with van der Waals surface area (Å²) in [7, 11) is -2.98. The lowest BCUT2D eigenvalue weighted by Gasteiger charge is -2.32. The summed E-state index contributed by atoms with van der Waals surface area (Å²) in [6.07, 6.45) is -6.00. The van der Waals surface area contributed by atoms with Gasteiger partial charge in [0, 0.05) is 37.4 Å². The molecule has 0 aliphatic carbocycles. The zero-order chi connectivity index (χ0) is 27.9. The highest BCUT2D eigenvalue weighted by Gasteiger charge is 2.49. The van der Waals surface area contributed by atoms with Crippen LogP contribution in [0.1, 0.15) is 25.8 Å². The van der Waals surface area contributed by atoms with Crippen molar-refractivity contribution in [2.75, 3.05) is 18.8 Å². The van der Waals surface area contributed by atoms with E-state index < -0.39 is 34.1 Å². The van der Waals surface area contributed by atoms with Crippen LogP contribution in [0.5, 0.6) is 0 Å². The van der Waals surface area contributed by atoms with Gasteiger partial charge in [0.2, 0.25) is 0 Å². The number of aromatic nitrogens is 1. The van der Waals surface area contributed by atoms with Gasteiger partial charge in [-0.3, -0.25) is 9.88 Å². The quantitative estimate of drug-likeness (QED) is 0.541. The summed E-state index contributed by atoms with van der Waals surface area (Å²) in [6, 6.07) is 4.25. The number of hydrogen-bond donors (Lipinski definition) is 2. The van der Waals surface area contributed by atoms with Crippen LogP contribution in [0, 0.1) is 5.92 Å². The van der Waals surface area contributed by atoms with E-state index in [1.807, 2.05) is 12.1 Å². The SMILES string of the molecule is CC(C)N1CC2C(OCc3cccnc3)CCS(=O)(=O)C2C1.O=C(O)C(F)(F)F.O=C(O)C(F)(F)F. The third-order valence-electron chi connectivity index (χ3n) is 5.37. The lowest BCUT2D eigenvalue weighted by Crippen LogP contribution is -2.44. The average molecular weight is 552 g/mol. The third-order valence-corrected chi connectivity index (χ3v) is 7.59. The van der Waals surface area contributed by atoms with Crippen LogP contribution in [0.25, 0.3) is 0 Å². The van der Waals surface area contributed by atoms with Gasteiger partial charge in [-0.1, -0.05) is 6.07 Å². The molecule has 3 rings (SSSR count). The van der Waals surface area contributed by atoms with E-state index in [1.54, 1.807) is 12.4 Å². The van der Waals surface area contributed by atoms with E-state index in [0.717, 1.165) is 12.1 Å². The molecule has 2 fully saturated rings. The van der Waals surface area contributed by atoms with Crippen LogP contribution < -0.4 is 0 Å². The Morgan fingerprint density at radius 3 is 2.06 bits per heavy atom. The van der Waals surface area contributed by atoms with Crippen molar-refractivity contribution in [3.63, 3.8) is 0 Å². The van der Waals surface area contributed by atoms with Gasteiger partial charge in [-0.2, -0.15) is 26.3 Å². The van der Waals surface area contributed by atoms with Gasteiger partial charge >= 0.3 is 24.3 Å². The van der Waals surface area contributed by atoms with Gasteiger partial charge < -0.3 is 14.9 Å². The number of ether oxygens (including phenoxy) is 1. The third kappa shape index (κ3) is 9.89. The standard InChI is InChI=1S/C16H24N2O3S.2C2HF3O2/c1-12(2)18-9-14-15(5-7-22(19,20)16(14)10-18)21-11-13-4-3-6-17-8-13;2*3-2(4,5)1(6)7/h3-4,6,8,12,14-16H,5,7,9-11H2,1-2H3;2*(H,6,7). The Morgan fingerprint density at radius 2 is 1.64 bits per heavy atom. The number of fused-ring (bicyclic) bond motifs is 1. The number of carboxylic acids is 2. The molecule has 9 nitrogen and oxygen atoms in total. The number of alkyl halides is 6. The Bertz CT molecular complexity index is 947. The minimum atomic E-state index is -5.08. The van der Waals surface area contributed by atoms with Crippen molar-refractivity contribution in [1.29, 1.82) is 0 Å². The Labute approximate surface area is 203 Å². The molecule has 2 aliphatic rings. The van der Waals surface area contributed by atoms with E-state index in [2.05, 4.69) is 23.7 Å². The molecule has 0 aromatic carbocycles. The number of nitrogens with zero attached hydrogens (tertiary/aromatic N) is 2. The smallest absolute Gasteiger partial charge is 0.475 e. The number of carbonyl (C=O) groups is 2. The fraction of sp³-hybridized carbons (Fsp3) is 0.650. The molecule has 3 heterocycles. The number of rotatable bonds is 4. The second-order valence-corrected chi connectivity index (χ2v) is 10.6. The summed E-state index contributed by atoms with van der Waals surface area (Å²) in [4.78, 5) is 24.1. The number of carboxylic acid groups (broad SMARTS) is 2. The first-order valence-electron chi connectivity index (χ1n) is 10.4. The number of aliphatic carboxylic acids is 2. The van der Waals surface area contributed by atoms with E-state index >= 15 is 0 Å². The highest BCUT2D eigenvalue weighted by Crippen LogP contribution is 2.35. The molecule has 2 N–H and O–H groups in total. The van der Waals surface area contributed by atoms with Crippen molar-refractivity contribution in [1.82, 2.24) is 9.88 Å². The van der Waals surface area contributed by atoms with E-state index in [1.165, 1.54) is 0 Å². The molecule has 2 saturated heterocycles. The number of sulfone groups is 1. The first-order valence-corrected chi connectivity index (χ1v) is 12.1. The Hall–Kier alpha value is -2.46. The average Bonchev–Trinajstić information content (AvgIpc) is 3.21. The number of pyridine rings is 1. The topological polar surface area (TPSA) is 134 Å². The fourth-order valence-electron chi connectivity index (χ4n) is 3.53. The Kier molecular flexibility index (Phi) is 11.1. The van der Waals surface area contributed by atoms with Crippen molar-refractivity contribution in [3.05, 3.63) is 30.1 Å². The molecule has 3 unspecified atom stereocenters. The van der Waals surface area contributed by atoms with E-state index in [-0.39, 0.29) is 23.0 Å². The van der Waals surface area contributed by atoms with Crippen molar-refractivity contribution in [2.45, 2.75) is 56.6 Å². The number of likely N-dealkylation sites (tertiary alicyclic amines) is 1. The molecule has 1 aromatic rings. The largest absolute Gasteiger partial charge is 0.490 e. The van der Waals surface area contributed by atoms with Crippen LogP contribution in [-0.2, 0) is 30.8 Å². The van der Waals surface area contributed by atoms with Crippen LogP contribution in [0.4, 0.5) is 26.3 Å². The Balaban J connectivity index is 0.000000383. The van der Waals surface area contributed by atoms with Crippen molar-refractivity contribution >= 4 is 21.8 Å². The monoisotopic (exact) mass is 552 g/mol. The summed E-state index contributed by atoms with van der Waals surface area (Å²) >= 11 is 0. The minimum Gasteiger partial charge on any atom is -0.475 e. The molecule has 0 saturated carbocycles. The summed E-state index contributed by atoms with van der Waals surface area (Å²) in [5.74, 6) is -5.17. The lowest BCUT2D eigenvalue weighted by molar-refractivity contribution is -0.193. The van der Waals surface area contributed by atoms with Crippen LogP contribution in [-0.4, -0.2) is 89.0 Å². The molecule has 0 spiro atoms. The Morgan fingerprint density at radius 1 is 1.11 bits per heavy atom. The first kappa shape index (κ1) is 31.6. The summed E-state index contributed by atoms with van der Waals surface area (Å²) in [5, 5.41) is 14.0. The van der Waals surface area contributed by atoms with Gasteiger partial charge in [0.05, 0.1) is 23.7 Å². The molecule has 0 bridgehead atoms. The second-order valence-electron chi connectivity index (χ2n) is 8.22. The maximum Gasteiger partial charge on any atom is 0.490 e. The molecule has 1 aromatic heterocycles. The predicted octanol–water partition coefficient (Wildman–Crippen LogP) is 2.76. The van der Waals surface area contributed by atoms with E-state index in [4.69, 9.17) is 24.5 Å². The zero-order valence-electron chi connectivity index (χ0n) is 19.2. The van der Waals surface area contributed by atoms with Crippen LogP contribution in [0.3, 0.4) is 0 Å². The summed E-state index contributed by atoms with van der Waals surface area (Å²) in [5.41, 5.74) is 1.03. The van der Waals surface area contributed by atoms with Gasteiger partial charge in [-0.25, -0.2) is 18.0 Å². The lowest BCUT2D eigenvalue weighted by atomic mass is 9.98. The molecule has 3 atom stereocenters. The van der Waals surface area contributed by atoms with Crippen LogP contribution in [0.2, 0.25) is 0 Å². The highest BCUT2D eigenvalue weighted by molar-refractivity contribution is 7.92. The van der Waals surface area contributed by atoms with Gasteiger partial charge in [0.15, 0.2) is 9.84 Å². The molecule has 206 valence electrons. The summed E-state index contributed by atoms with van der Waals surface area (Å²) in [6.45, 7) is 6.21. The fourth-order valence-corrected chi connectivity index (χ4v) is 5.60. The summed E-state index contributed by atoms with van der Waals surface area (Å²) < 4.78 is 94.3. The zero-order valence-corrected chi connectivity index (χ0v) is 20.0. The highest BCUT2D eigenvalue weighted by atomic mass is 32.2. The predicted molar refractivity (Wildman–Crippen MR) is 113 cm³/mol. The van der Waals surface area contributed by atoms with E-state index in [0.29, 0.717) is 25.6 Å². The van der Waals surface area contributed by atoms with Gasteiger partial charge in [0.1, 0.15) is 0 Å². The molecular weight excluding hydrogens is 526 g/mol. The van der Waals surface area contributed by atoms with Gasteiger partial charge in [-0.15, -0.1) is 0 Å². The molecule has 0 radical (unpaired) electrons. The molecule has 0 amide bonds.